The number of carbonyl (C=O) groups excluding carboxylic acids is 11. The van der Waals surface area contributed by atoms with Crippen LogP contribution in [0.5, 0.6) is 0 Å². The lowest BCUT2D eigenvalue weighted by Crippen LogP contribution is -2.49. The van der Waals surface area contributed by atoms with E-state index in [0.717, 1.165) is 6.42 Å². The highest BCUT2D eigenvalue weighted by molar-refractivity contribution is 5.86. The summed E-state index contributed by atoms with van der Waals surface area (Å²) in [5.41, 5.74) is 29.4. The summed E-state index contributed by atoms with van der Waals surface area (Å²) < 4.78 is 0. The van der Waals surface area contributed by atoms with E-state index in [-0.39, 0.29) is 190 Å². The normalized spacial score (nSPS) is 15.1. The zero-order chi connectivity index (χ0) is 82.9. The van der Waals surface area contributed by atoms with Crippen molar-refractivity contribution < 1.29 is 62.6 Å². The number of amides is 11. The molecule has 0 aromatic heterocycles. The Kier molecular flexibility index (Phi) is 54.8. The molecule has 0 aliphatic heterocycles. The Hall–Kier alpha value is -6.56. The first kappa shape index (κ1) is 102. The first-order valence-corrected chi connectivity index (χ1v) is 41.2. The van der Waals surface area contributed by atoms with Crippen LogP contribution in [-0.4, -0.2) is 175 Å². The summed E-state index contributed by atoms with van der Waals surface area (Å²) >= 11 is 0. The molecule has 0 unspecified atom stereocenters. The van der Waals surface area contributed by atoms with E-state index >= 15 is 0 Å². The third-order valence-electron chi connectivity index (χ3n) is 19.4. The number of carboxylic acids is 1. The van der Waals surface area contributed by atoms with Gasteiger partial charge in [-0.15, -0.1) is 0 Å². The van der Waals surface area contributed by atoms with Crippen LogP contribution < -0.4 is 87.2 Å². The Labute approximate surface area is 654 Å². The molecule has 0 heterocycles. The Bertz CT molecular complexity index is 2660. The zero-order valence-corrected chi connectivity index (χ0v) is 69.9. The van der Waals surface area contributed by atoms with Crippen LogP contribution in [0.1, 0.15) is 291 Å². The van der Waals surface area contributed by atoms with Crippen LogP contribution in [-0.2, 0) is 57.5 Å². The van der Waals surface area contributed by atoms with Crippen molar-refractivity contribution in [2.45, 2.75) is 363 Å². The van der Waals surface area contributed by atoms with Crippen LogP contribution in [0.25, 0.3) is 0 Å². The number of carbonyl (C=O) groups is 12. The highest BCUT2D eigenvalue weighted by Crippen LogP contribution is 2.20. The number of aliphatic carboxylic acids is 1. The molecule has 0 aromatic carbocycles. The molecule has 11 amide bonds. The van der Waals surface area contributed by atoms with Crippen LogP contribution in [0.3, 0.4) is 0 Å². The van der Waals surface area contributed by atoms with Gasteiger partial charge in [0.2, 0.25) is 65.0 Å². The van der Waals surface area contributed by atoms with Crippen LogP contribution in [0.15, 0.2) is 0 Å². The molecule has 0 rings (SSSR count). The molecule has 0 bridgehead atoms. The topological polar surface area (TPSA) is 487 Å². The molecule has 0 fully saturated rings. The fraction of sp³-hybridized carbons (Fsp3) is 0.850. The van der Waals surface area contributed by atoms with Gasteiger partial charge in [0, 0.05) is 143 Å². The van der Waals surface area contributed by atoms with Crippen molar-refractivity contribution in [1.29, 1.82) is 0 Å². The monoisotopic (exact) mass is 1550 g/mol. The Morgan fingerprint density at radius 3 is 0.615 bits per heavy atom. The largest absolute Gasteiger partial charge is 0.481 e. The predicted molar refractivity (Wildman–Crippen MR) is 431 cm³/mol. The van der Waals surface area contributed by atoms with Crippen LogP contribution in [0, 0.1) is 47.3 Å². The minimum atomic E-state index is -1.02. The predicted octanol–water partition coefficient (Wildman–Crippen LogP) is 5.74. The van der Waals surface area contributed by atoms with E-state index in [1.807, 2.05) is 111 Å². The third-order valence-corrected chi connectivity index (χ3v) is 19.4. The van der Waals surface area contributed by atoms with Crippen molar-refractivity contribution in [3.05, 3.63) is 0 Å². The quantitative estimate of drug-likeness (QED) is 0.0323. The van der Waals surface area contributed by atoms with E-state index in [2.05, 4.69) is 58.5 Å². The number of carboxylic acid groups (broad SMARTS) is 1. The second-order valence-electron chi connectivity index (χ2n) is 33.8. The molecule has 0 aromatic rings. The van der Waals surface area contributed by atoms with Gasteiger partial charge in [-0.25, -0.2) is 0 Å². The number of rotatable bonds is 63. The second kappa shape index (κ2) is 58.3. The van der Waals surface area contributed by atoms with E-state index in [1.165, 1.54) is 0 Å². The van der Waals surface area contributed by atoms with Crippen LogP contribution in [0.2, 0.25) is 0 Å². The smallest absolute Gasteiger partial charge is 0.305 e. The SMILES string of the molecule is CC(C)C[C@@H](CC(=O)O)NC(=O)C[C@H](CCCCN)NC(=O)C[C@@H](NC(=O)C[C@H](CC(C)C)NC(=O)C[C@H](CCCCN)NC(=O)C[C@@H](NC(=O)C[C@H](CC(C)C)NC(=O)C[C@H](CCCCN)NC(=O)C[C@@H](NC(=O)C[C@H](CC(C)C)NC(=O)C[C@H](CCCCN)NC(=O)C[C@@H](N)C(C)C)C(C)C)C(C)C)C(C)C. The Morgan fingerprint density at radius 2 is 0.422 bits per heavy atom. The van der Waals surface area contributed by atoms with Crippen molar-refractivity contribution in [3.8, 4) is 0 Å². The van der Waals surface area contributed by atoms with Gasteiger partial charge in [0.25, 0.3) is 0 Å². The minimum absolute atomic E-state index is 0.0150. The fourth-order valence-corrected chi connectivity index (χ4v) is 13.4. The number of unbranched alkanes of at least 4 members (excludes halogenated alkanes) is 4. The lowest BCUT2D eigenvalue weighted by atomic mass is 9.96. The first-order chi connectivity index (χ1) is 51.2. The fourth-order valence-electron chi connectivity index (χ4n) is 13.4. The Balaban J connectivity index is 6.20. The summed E-state index contributed by atoms with van der Waals surface area (Å²) in [6.07, 6.45) is 8.22. The average Bonchev–Trinajstić information content (AvgIpc) is 0.897. The summed E-state index contributed by atoms with van der Waals surface area (Å²) in [5, 5.41) is 42.6. The lowest BCUT2D eigenvalue weighted by molar-refractivity contribution is -0.138. The molecular weight excluding hydrogens is 1390 g/mol. The lowest BCUT2D eigenvalue weighted by Gasteiger charge is -2.27. The summed E-state index contributed by atoms with van der Waals surface area (Å²) in [7, 11) is 0. The van der Waals surface area contributed by atoms with Gasteiger partial charge >= 0.3 is 5.97 Å². The molecule has 0 spiro atoms. The van der Waals surface area contributed by atoms with E-state index in [0.29, 0.717) is 122 Å². The zero-order valence-electron chi connectivity index (χ0n) is 69.9. The molecule has 0 aliphatic rings. The van der Waals surface area contributed by atoms with Gasteiger partial charge < -0.3 is 92.3 Å². The second-order valence-corrected chi connectivity index (χ2v) is 33.8. The molecule has 0 aliphatic carbocycles. The molecule has 29 heteroatoms. The van der Waals surface area contributed by atoms with Crippen molar-refractivity contribution in [3.63, 3.8) is 0 Å². The molecule has 0 saturated heterocycles. The maximum Gasteiger partial charge on any atom is 0.305 e. The molecule has 0 radical (unpaired) electrons. The summed E-state index contributed by atoms with van der Waals surface area (Å²) in [6, 6.07) is -6.66. The summed E-state index contributed by atoms with van der Waals surface area (Å²) in [4.78, 5) is 163. The first-order valence-electron chi connectivity index (χ1n) is 41.2. The standard InChI is InChI=1S/C80H154N16O13/c1-49(2)33-61(90-69(97)37-57(25-17-21-29-81)86-76(104)45-65(85)53(9)10)41-73(101)94-66(54(11)12)46-77(105)87-58(26-18-22-30-82)38-70(98)91-62(34-50(3)4)42-74(102)95-67(55(13)14)47-78(106)88-59(27-19-23-31-83)39-71(99)92-63(35-51(5)6)43-75(103)96-68(56(15)16)48-79(107)89-60(28-20-24-32-84)40-72(100)93-64(36-52(7)8)44-80(108)109/h49-68H,17-48,81-85H2,1-16H3,(H,86,104)(H,87,105)(H,88,106)(H,89,107)(H,90,97)(H,91,98)(H,92,99)(H,93,100)(H,94,101)(H,95,102)(H,96,103)(H,108,109)/t57-,58-,59-,60-,61-,62-,63-,64-,65+,66+,67+,68+/m0/s1. The number of nitrogens with one attached hydrogen (secondary N) is 11. The number of hydrogen-bond donors (Lipinski definition) is 17. The highest BCUT2D eigenvalue weighted by Gasteiger charge is 2.32. The van der Waals surface area contributed by atoms with Gasteiger partial charge in [-0.1, -0.05) is 136 Å². The average molecular weight is 1550 g/mol. The minimum Gasteiger partial charge on any atom is -0.481 e. The number of hydrogen-bond acceptors (Lipinski definition) is 17. The number of nitrogens with two attached hydrogens (primary N) is 5. The maximum atomic E-state index is 14.1. The van der Waals surface area contributed by atoms with Crippen molar-refractivity contribution in [2.24, 2.45) is 76.0 Å². The van der Waals surface area contributed by atoms with Crippen LogP contribution >= 0.6 is 0 Å². The summed E-state index contributed by atoms with van der Waals surface area (Å²) in [5.74, 6) is -4.98. The molecule has 12 atom stereocenters. The van der Waals surface area contributed by atoms with Crippen LogP contribution in [0.4, 0.5) is 0 Å². The molecule has 29 nitrogen and oxygen atoms in total. The van der Waals surface area contributed by atoms with Gasteiger partial charge in [0.1, 0.15) is 0 Å². The van der Waals surface area contributed by atoms with Gasteiger partial charge in [0.15, 0.2) is 0 Å². The molecule has 632 valence electrons. The highest BCUT2D eigenvalue weighted by atomic mass is 16.4. The van der Waals surface area contributed by atoms with E-state index in [1.54, 1.807) is 0 Å². The summed E-state index contributed by atoms with van der Waals surface area (Å²) in [6.45, 7) is 32.7. The van der Waals surface area contributed by atoms with Gasteiger partial charge in [-0.2, -0.15) is 0 Å². The van der Waals surface area contributed by atoms with Crippen molar-refractivity contribution in [1.82, 2.24) is 58.5 Å². The third kappa shape index (κ3) is 53.1. The van der Waals surface area contributed by atoms with E-state index < -0.39 is 78.3 Å². The van der Waals surface area contributed by atoms with Crippen molar-refractivity contribution in [2.75, 3.05) is 26.2 Å². The Morgan fingerprint density at radius 1 is 0.239 bits per heavy atom. The van der Waals surface area contributed by atoms with Gasteiger partial charge in [-0.05, 0) is 151 Å². The van der Waals surface area contributed by atoms with E-state index in [4.69, 9.17) is 28.7 Å². The van der Waals surface area contributed by atoms with E-state index in [9.17, 15) is 62.6 Å². The molecule has 109 heavy (non-hydrogen) atoms. The van der Waals surface area contributed by atoms with Gasteiger partial charge in [-0.3, -0.25) is 57.5 Å². The maximum absolute atomic E-state index is 14.1. The van der Waals surface area contributed by atoms with Gasteiger partial charge in [0.05, 0.1) is 6.42 Å². The molecule has 22 N–H and O–H groups in total. The molecule has 0 saturated carbocycles. The van der Waals surface area contributed by atoms with Crippen molar-refractivity contribution >= 4 is 70.9 Å². The molecular formula is C80H154N16O13.